The smallest absolute Gasteiger partial charge is 0.227 e. The quantitative estimate of drug-likeness (QED) is 0.837. The number of benzene rings is 1. The van der Waals surface area contributed by atoms with E-state index in [9.17, 15) is 9.18 Å². The summed E-state index contributed by atoms with van der Waals surface area (Å²) in [5, 5.41) is 0. The van der Waals surface area contributed by atoms with E-state index in [1.54, 1.807) is 23.1 Å². The molecule has 1 aliphatic rings. The van der Waals surface area contributed by atoms with Gasteiger partial charge in [-0.25, -0.2) is 4.39 Å². The topological polar surface area (TPSA) is 29.5 Å². The van der Waals surface area contributed by atoms with Crippen molar-refractivity contribution in [3.8, 4) is 0 Å². The predicted molar refractivity (Wildman–Crippen MR) is 72.2 cm³/mol. The zero-order valence-electron chi connectivity index (χ0n) is 11.1. The van der Waals surface area contributed by atoms with Crippen LogP contribution in [0.3, 0.4) is 0 Å². The second-order valence-corrected chi connectivity index (χ2v) is 4.75. The van der Waals surface area contributed by atoms with Crippen LogP contribution in [0.4, 0.5) is 4.39 Å². The summed E-state index contributed by atoms with van der Waals surface area (Å²) in [6.45, 7) is 7.27. The summed E-state index contributed by atoms with van der Waals surface area (Å²) < 4.78 is 19.1. The number of halogens is 1. The van der Waals surface area contributed by atoms with E-state index < -0.39 is 0 Å². The molecule has 4 heteroatoms. The molecule has 1 fully saturated rings. The van der Waals surface area contributed by atoms with Crippen LogP contribution in [0.2, 0.25) is 0 Å². The molecule has 0 N–H and O–H groups in total. The molecule has 0 aromatic heterocycles. The highest BCUT2D eigenvalue weighted by Gasteiger charge is 2.22. The van der Waals surface area contributed by atoms with Gasteiger partial charge in [-0.15, -0.1) is 0 Å². The standard InChI is InChI=1S/C15H18FNO2/c1-3-12-4-5-14(16)13(8-12)9-15(18)17-6-7-19-11(2)10-17/h3-5,8,11H,1,6-7,9-10H2,2H3. The molecular formula is C15H18FNO2. The number of carbonyl (C=O) groups excluding carboxylic acids is 1. The number of morpholine rings is 1. The Bertz CT molecular complexity index is 487. The molecule has 1 saturated heterocycles. The van der Waals surface area contributed by atoms with E-state index in [0.717, 1.165) is 5.56 Å². The van der Waals surface area contributed by atoms with E-state index in [2.05, 4.69) is 6.58 Å². The van der Waals surface area contributed by atoms with Gasteiger partial charge in [-0.05, 0) is 30.2 Å². The van der Waals surface area contributed by atoms with Crippen LogP contribution in [-0.2, 0) is 16.0 Å². The molecule has 2 rings (SSSR count). The molecular weight excluding hydrogens is 245 g/mol. The highest BCUT2D eigenvalue weighted by atomic mass is 19.1. The summed E-state index contributed by atoms with van der Waals surface area (Å²) in [6, 6.07) is 4.69. The highest BCUT2D eigenvalue weighted by molar-refractivity contribution is 5.79. The minimum atomic E-state index is -0.347. The molecule has 3 nitrogen and oxygen atoms in total. The lowest BCUT2D eigenvalue weighted by molar-refractivity contribution is -0.137. The third-order valence-corrected chi connectivity index (χ3v) is 3.24. The van der Waals surface area contributed by atoms with Crippen LogP contribution in [0.25, 0.3) is 6.08 Å². The molecule has 0 aliphatic carbocycles. The second kappa shape index (κ2) is 5.97. The Morgan fingerprint density at radius 1 is 1.63 bits per heavy atom. The van der Waals surface area contributed by atoms with Gasteiger partial charge in [0.2, 0.25) is 5.91 Å². The number of hydrogen-bond donors (Lipinski definition) is 0. The van der Waals surface area contributed by atoms with Crippen LogP contribution in [0.15, 0.2) is 24.8 Å². The summed E-state index contributed by atoms with van der Waals surface area (Å²) in [7, 11) is 0. The molecule has 1 aliphatic heterocycles. The van der Waals surface area contributed by atoms with Gasteiger partial charge in [-0.2, -0.15) is 0 Å². The van der Waals surface area contributed by atoms with E-state index >= 15 is 0 Å². The predicted octanol–water partition coefficient (Wildman–Crippen LogP) is 2.26. The zero-order valence-corrected chi connectivity index (χ0v) is 11.1. The fraction of sp³-hybridized carbons (Fsp3) is 0.400. The number of carbonyl (C=O) groups is 1. The lowest BCUT2D eigenvalue weighted by Crippen LogP contribution is -2.45. The zero-order chi connectivity index (χ0) is 13.8. The average Bonchev–Trinajstić information content (AvgIpc) is 2.41. The van der Waals surface area contributed by atoms with Crippen molar-refractivity contribution in [1.82, 2.24) is 4.90 Å². The summed E-state index contributed by atoms with van der Waals surface area (Å²) in [6.07, 6.45) is 1.77. The third kappa shape index (κ3) is 3.41. The number of nitrogens with zero attached hydrogens (tertiary/aromatic N) is 1. The minimum absolute atomic E-state index is 0.0436. The molecule has 0 radical (unpaired) electrons. The SMILES string of the molecule is C=Cc1ccc(F)c(CC(=O)N2CCOC(C)C2)c1. The van der Waals surface area contributed by atoms with Gasteiger partial charge in [0.1, 0.15) is 5.82 Å². The summed E-state index contributed by atoms with van der Waals surface area (Å²) in [5.74, 6) is -0.407. The lowest BCUT2D eigenvalue weighted by Gasteiger charge is -2.31. The lowest BCUT2D eigenvalue weighted by atomic mass is 10.1. The van der Waals surface area contributed by atoms with Crippen molar-refractivity contribution in [2.24, 2.45) is 0 Å². The van der Waals surface area contributed by atoms with Crippen LogP contribution in [0.1, 0.15) is 18.1 Å². The van der Waals surface area contributed by atoms with Crippen molar-refractivity contribution in [2.75, 3.05) is 19.7 Å². The Balaban J connectivity index is 2.07. The van der Waals surface area contributed by atoms with Crippen LogP contribution in [-0.4, -0.2) is 36.6 Å². The Kier molecular flexibility index (Phi) is 4.32. The van der Waals surface area contributed by atoms with Crippen LogP contribution >= 0.6 is 0 Å². The van der Waals surface area contributed by atoms with Gasteiger partial charge in [0.05, 0.1) is 19.1 Å². The fourth-order valence-electron chi connectivity index (χ4n) is 2.18. The first kappa shape index (κ1) is 13.7. The molecule has 0 saturated carbocycles. The van der Waals surface area contributed by atoms with Crippen molar-refractivity contribution in [1.29, 1.82) is 0 Å². The Morgan fingerprint density at radius 3 is 3.11 bits per heavy atom. The fourth-order valence-corrected chi connectivity index (χ4v) is 2.18. The molecule has 1 aromatic rings. The first-order valence-corrected chi connectivity index (χ1v) is 6.40. The van der Waals surface area contributed by atoms with Gasteiger partial charge in [0.15, 0.2) is 0 Å². The molecule has 102 valence electrons. The van der Waals surface area contributed by atoms with Gasteiger partial charge in [0, 0.05) is 13.1 Å². The van der Waals surface area contributed by atoms with Crippen molar-refractivity contribution in [3.05, 3.63) is 41.7 Å². The van der Waals surface area contributed by atoms with E-state index in [1.165, 1.54) is 6.07 Å². The van der Waals surface area contributed by atoms with Crippen LogP contribution < -0.4 is 0 Å². The first-order chi connectivity index (χ1) is 9.10. The van der Waals surface area contributed by atoms with Crippen LogP contribution in [0.5, 0.6) is 0 Å². The monoisotopic (exact) mass is 263 g/mol. The second-order valence-electron chi connectivity index (χ2n) is 4.75. The van der Waals surface area contributed by atoms with Crippen molar-refractivity contribution >= 4 is 12.0 Å². The van der Waals surface area contributed by atoms with Gasteiger partial charge in [0.25, 0.3) is 0 Å². The van der Waals surface area contributed by atoms with Crippen molar-refractivity contribution in [2.45, 2.75) is 19.4 Å². The van der Waals surface area contributed by atoms with E-state index in [0.29, 0.717) is 25.3 Å². The van der Waals surface area contributed by atoms with E-state index in [4.69, 9.17) is 4.74 Å². The average molecular weight is 263 g/mol. The van der Waals surface area contributed by atoms with E-state index in [-0.39, 0.29) is 24.2 Å². The Labute approximate surface area is 112 Å². The Morgan fingerprint density at radius 2 is 2.42 bits per heavy atom. The summed E-state index contributed by atoms with van der Waals surface area (Å²) in [5.41, 5.74) is 1.24. The molecule has 0 bridgehead atoms. The largest absolute Gasteiger partial charge is 0.375 e. The number of hydrogen-bond acceptors (Lipinski definition) is 2. The molecule has 19 heavy (non-hydrogen) atoms. The number of ether oxygens (including phenoxy) is 1. The normalized spacial score (nSPS) is 19.3. The summed E-state index contributed by atoms with van der Waals surface area (Å²) in [4.78, 5) is 13.9. The summed E-state index contributed by atoms with van der Waals surface area (Å²) >= 11 is 0. The molecule has 1 aromatic carbocycles. The van der Waals surface area contributed by atoms with Gasteiger partial charge >= 0.3 is 0 Å². The molecule has 1 unspecified atom stereocenters. The molecule has 1 atom stereocenters. The maximum absolute atomic E-state index is 13.7. The Hall–Kier alpha value is -1.68. The highest BCUT2D eigenvalue weighted by Crippen LogP contribution is 2.14. The maximum atomic E-state index is 13.7. The maximum Gasteiger partial charge on any atom is 0.227 e. The number of rotatable bonds is 3. The van der Waals surface area contributed by atoms with Crippen molar-refractivity contribution < 1.29 is 13.9 Å². The molecule has 0 spiro atoms. The first-order valence-electron chi connectivity index (χ1n) is 6.40. The van der Waals surface area contributed by atoms with Crippen LogP contribution in [0, 0.1) is 5.82 Å². The van der Waals surface area contributed by atoms with Gasteiger partial charge < -0.3 is 9.64 Å². The van der Waals surface area contributed by atoms with E-state index in [1.807, 2.05) is 6.92 Å². The third-order valence-electron chi connectivity index (χ3n) is 3.24. The molecule has 1 heterocycles. The van der Waals surface area contributed by atoms with Crippen molar-refractivity contribution in [3.63, 3.8) is 0 Å². The number of amides is 1. The van der Waals surface area contributed by atoms with Gasteiger partial charge in [-0.3, -0.25) is 4.79 Å². The molecule has 1 amide bonds. The minimum Gasteiger partial charge on any atom is -0.375 e. The van der Waals surface area contributed by atoms with Gasteiger partial charge in [-0.1, -0.05) is 18.7 Å².